The fraction of sp³-hybridized carbons (Fsp3) is 0.409. The van der Waals surface area contributed by atoms with Crippen LogP contribution in [0.5, 0.6) is 0 Å². The zero-order chi connectivity index (χ0) is 21.3. The Bertz CT molecular complexity index is 1040. The molecule has 1 aromatic carbocycles. The van der Waals surface area contributed by atoms with E-state index in [-0.39, 0.29) is 11.9 Å². The average Bonchev–Trinajstić information content (AvgIpc) is 3.36. The number of benzene rings is 1. The number of amides is 1. The summed E-state index contributed by atoms with van der Waals surface area (Å²) in [6.07, 6.45) is 3.83. The summed E-state index contributed by atoms with van der Waals surface area (Å²) in [6, 6.07) is 10.9. The fourth-order valence-corrected chi connectivity index (χ4v) is 3.89. The summed E-state index contributed by atoms with van der Waals surface area (Å²) in [6.45, 7) is 4.96. The molecular formula is C22H27N5O3. The maximum Gasteiger partial charge on any atom is 0.256 e. The monoisotopic (exact) mass is 409 g/mol. The van der Waals surface area contributed by atoms with Crippen LogP contribution in [0.2, 0.25) is 0 Å². The largest absolute Gasteiger partial charge is 0.386 e. The Morgan fingerprint density at radius 3 is 2.77 bits per heavy atom. The Morgan fingerprint density at radius 2 is 2.07 bits per heavy atom. The van der Waals surface area contributed by atoms with Crippen molar-refractivity contribution in [2.45, 2.75) is 38.3 Å². The summed E-state index contributed by atoms with van der Waals surface area (Å²) in [5.41, 5.74) is 0.965. The van der Waals surface area contributed by atoms with Crippen molar-refractivity contribution in [3.05, 3.63) is 53.7 Å². The van der Waals surface area contributed by atoms with Gasteiger partial charge in [-0.15, -0.1) is 0 Å². The molecule has 8 heteroatoms. The van der Waals surface area contributed by atoms with Gasteiger partial charge in [-0.05, 0) is 44.4 Å². The minimum absolute atomic E-state index is 0.255. The topological polar surface area (TPSA) is 92.0 Å². The molecule has 0 radical (unpaired) electrons. The SMILES string of the molecule is COCC1CCCN1c1cc(NC(=O)c2ccc(C(C)(C)O)cc2)nc2ccnn12. The molecule has 158 valence electrons. The maximum atomic E-state index is 12.8. The van der Waals surface area contributed by atoms with E-state index in [0.29, 0.717) is 23.6 Å². The van der Waals surface area contributed by atoms with Gasteiger partial charge in [0.1, 0.15) is 11.6 Å². The molecule has 0 bridgehead atoms. The molecule has 0 spiro atoms. The molecule has 0 saturated carbocycles. The zero-order valence-corrected chi connectivity index (χ0v) is 17.5. The number of nitrogens with zero attached hydrogens (tertiary/aromatic N) is 4. The van der Waals surface area contributed by atoms with Crippen LogP contribution in [0.15, 0.2) is 42.6 Å². The minimum Gasteiger partial charge on any atom is -0.386 e. The van der Waals surface area contributed by atoms with Gasteiger partial charge < -0.3 is 20.1 Å². The van der Waals surface area contributed by atoms with E-state index in [1.165, 1.54) is 0 Å². The fourth-order valence-electron chi connectivity index (χ4n) is 3.89. The van der Waals surface area contributed by atoms with Gasteiger partial charge in [0.15, 0.2) is 5.65 Å². The van der Waals surface area contributed by atoms with Crippen molar-refractivity contribution in [1.29, 1.82) is 0 Å². The molecule has 8 nitrogen and oxygen atoms in total. The smallest absolute Gasteiger partial charge is 0.256 e. The summed E-state index contributed by atoms with van der Waals surface area (Å²) in [5, 5.41) is 17.4. The Hall–Kier alpha value is -2.97. The van der Waals surface area contributed by atoms with Gasteiger partial charge in [0, 0.05) is 31.4 Å². The third-order valence-corrected chi connectivity index (χ3v) is 5.47. The van der Waals surface area contributed by atoms with Gasteiger partial charge in [0.25, 0.3) is 5.91 Å². The Morgan fingerprint density at radius 1 is 1.30 bits per heavy atom. The molecule has 0 aliphatic carbocycles. The molecule has 2 N–H and O–H groups in total. The van der Waals surface area contributed by atoms with Crippen molar-refractivity contribution < 1.29 is 14.6 Å². The highest BCUT2D eigenvalue weighted by molar-refractivity contribution is 6.04. The first-order chi connectivity index (χ1) is 14.4. The van der Waals surface area contributed by atoms with E-state index in [0.717, 1.165) is 30.8 Å². The molecule has 2 aromatic heterocycles. The number of anilines is 2. The first kappa shape index (κ1) is 20.3. The second kappa shape index (κ2) is 8.04. The van der Waals surface area contributed by atoms with E-state index in [9.17, 15) is 9.90 Å². The zero-order valence-electron chi connectivity index (χ0n) is 17.5. The molecule has 1 aliphatic heterocycles. The second-order valence-corrected chi connectivity index (χ2v) is 8.14. The van der Waals surface area contributed by atoms with Crippen molar-refractivity contribution in [2.24, 2.45) is 0 Å². The van der Waals surface area contributed by atoms with Crippen molar-refractivity contribution in [1.82, 2.24) is 14.6 Å². The van der Waals surface area contributed by atoms with Crippen molar-refractivity contribution in [3.63, 3.8) is 0 Å². The van der Waals surface area contributed by atoms with Crippen LogP contribution in [0.3, 0.4) is 0 Å². The number of aromatic nitrogens is 3. The summed E-state index contributed by atoms with van der Waals surface area (Å²) in [5.74, 6) is 1.10. The summed E-state index contributed by atoms with van der Waals surface area (Å²) in [4.78, 5) is 19.6. The van der Waals surface area contributed by atoms with Crippen LogP contribution >= 0.6 is 0 Å². The van der Waals surface area contributed by atoms with Crippen LogP contribution < -0.4 is 10.2 Å². The highest BCUT2D eigenvalue weighted by Crippen LogP contribution is 2.28. The first-order valence-corrected chi connectivity index (χ1v) is 10.1. The highest BCUT2D eigenvalue weighted by atomic mass is 16.5. The van der Waals surface area contributed by atoms with Crippen LogP contribution in [0.4, 0.5) is 11.6 Å². The molecule has 4 rings (SSSR count). The minimum atomic E-state index is -0.951. The Kier molecular flexibility index (Phi) is 5.44. The maximum absolute atomic E-state index is 12.8. The van der Waals surface area contributed by atoms with Gasteiger partial charge in [-0.1, -0.05) is 12.1 Å². The van der Waals surface area contributed by atoms with E-state index in [1.807, 2.05) is 12.1 Å². The number of hydrogen-bond donors (Lipinski definition) is 2. The molecule has 1 amide bonds. The second-order valence-electron chi connectivity index (χ2n) is 8.14. The third-order valence-electron chi connectivity index (χ3n) is 5.47. The summed E-state index contributed by atoms with van der Waals surface area (Å²) in [7, 11) is 1.71. The number of rotatable bonds is 6. The van der Waals surface area contributed by atoms with E-state index < -0.39 is 5.60 Å². The number of carbonyl (C=O) groups excluding carboxylic acids is 1. The molecule has 1 atom stereocenters. The molecule has 1 fully saturated rings. The number of ether oxygens (including phenoxy) is 1. The van der Waals surface area contributed by atoms with Crippen LogP contribution in [0, 0.1) is 0 Å². The summed E-state index contributed by atoms with van der Waals surface area (Å²) < 4.78 is 7.18. The molecular weight excluding hydrogens is 382 g/mol. The van der Waals surface area contributed by atoms with Crippen LogP contribution in [-0.2, 0) is 10.3 Å². The average molecular weight is 409 g/mol. The lowest BCUT2D eigenvalue weighted by atomic mass is 9.97. The molecule has 1 saturated heterocycles. The molecule has 30 heavy (non-hydrogen) atoms. The normalized spacial score (nSPS) is 16.9. The predicted octanol–water partition coefficient (Wildman–Crippen LogP) is 2.82. The van der Waals surface area contributed by atoms with Crippen LogP contribution in [0.25, 0.3) is 5.65 Å². The van der Waals surface area contributed by atoms with E-state index in [4.69, 9.17) is 4.74 Å². The van der Waals surface area contributed by atoms with Gasteiger partial charge >= 0.3 is 0 Å². The summed E-state index contributed by atoms with van der Waals surface area (Å²) >= 11 is 0. The van der Waals surface area contributed by atoms with Gasteiger partial charge in [-0.25, -0.2) is 4.98 Å². The highest BCUT2D eigenvalue weighted by Gasteiger charge is 2.27. The van der Waals surface area contributed by atoms with Gasteiger partial charge in [-0.2, -0.15) is 9.61 Å². The lowest BCUT2D eigenvalue weighted by Gasteiger charge is -2.26. The molecule has 1 unspecified atom stereocenters. The number of fused-ring (bicyclic) bond motifs is 1. The quantitative estimate of drug-likeness (QED) is 0.650. The molecule has 3 aromatic rings. The lowest BCUT2D eigenvalue weighted by Crippen LogP contribution is -2.34. The van der Waals surface area contributed by atoms with Gasteiger partial charge in [-0.3, -0.25) is 4.79 Å². The number of nitrogens with one attached hydrogen (secondary N) is 1. The molecule has 3 heterocycles. The first-order valence-electron chi connectivity index (χ1n) is 10.1. The van der Waals surface area contributed by atoms with Crippen molar-refractivity contribution >= 4 is 23.2 Å². The number of methoxy groups -OCH3 is 1. The number of aliphatic hydroxyl groups is 1. The Balaban J connectivity index is 1.61. The third kappa shape index (κ3) is 4.01. The van der Waals surface area contributed by atoms with Gasteiger partial charge in [0.05, 0.1) is 24.4 Å². The van der Waals surface area contributed by atoms with Crippen molar-refractivity contribution in [2.75, 3.05) is 30.5 Å². The van der Waals surface area contributed by atoms with Gasteiger partial charge in [0.2, 0.25) is 0 Å². The van der Waals surface area contributed by atoms with E-state index in [1.54, 1.807) is 55.9 Å². The van der Waals surface area contributed by atoms with E-state index in [2.05, 4.69) is 20.3 Å². The number of hydrogen-bond acceptors (Lipinski definition) is 6. The van der Waals surface area contributed by atoms with Crippen LogP contribution in [0.1, 0.15) is 42.6 Å². The number of carbonyl (C=O) groups is 1. The predicted molar refractivity (Wildman–Crippen MR) is 115 cm³/mol. The molecule has 1 aliphatic rings. The van der Waals surface area contributed by atoms with Crippen LogP contribution in [-0.4, -0.2) is 51.9 Å². The lowest BCUT2D eigenvalue weighted by molar-refractivity contribution is 0.0785. The Labute approximate surface area is 175 Å². The standard InChI is InChI=1S/C22H27N5O3/c1-22(2,29)16-8-6-15(7-9-16)21(28)25-18-13-20(27-19(24-18)10-11-23-27)26-12-4-5-17(26)14-30-3/h6-11,13,17,29H,4-5,12,14H2,1-3H3,(H,24,25,28). The van der Waals surface area contributed by atoms with Crippen molar-refractivity contribution in [3.8, 4) is 0 Å². The van der Waals surface area contributed by atoms with E-state index >= 15 is 0 Å².